The van der Waals surface area contributed by atoms with Crippen molar-refractivity contribution in [1.29, 1.82) is 0 Å². The van der Waals surface area contributed by atoms with Crippen molar-refractivity contribution in [3.63, 3.8) is 0 Å². The van der Waals surface area contributed by atoms with E-state index in [9.17, 15) is 9.59 Å². The van der Waals surface area contributed by atoms with Crippen molar-refractivity contribution in [3.8, 4) is 0 Å². The van der Waals surface area contributed by atoms with Gasteiger partial charge in [0.2, 0.25) is 0 Å². The molecule has 0 aromatic heterocycles. The van der Waals surface area contributed by atoms with Crippen LogP contribution >= 0.6 is 11.6 Å². The average Bonchev–Trinajstić information content (AvgIpc) is 3.62. The largest absolute Gasteiger partial charge is 0.326 e. The summed E-state index contributed by atoms with van der Waals surface area (Å²) in [6.07, 6.45) is 2.16. The molecule has 152 valence electrons. The van der Waals surface area contributed by atoms with Gasteiger partial charge in [0.15, 0.2) is 0 Å². The Balaban J connectivity index is 1.72. The number of ketones is 1. The first-order valence-electron chi connectivity index (χ1n) is 10.1. The van der Waals surface area contributed by atoms with Crippen LogP contribution in [0, 0.1) is 5.92 Å². The van der Waals surface area contributed by atoms with E-state index in [4.69, 9.17) is 11.6 Å². The Hall–Kier alpha value is -3.11. The number of benzene rings is 3. The maximum atomic E-state index is 13.5. The summed E-state index contributed by atoms with van der Waals surface area (Å²) >= 11 is 6.26. The van der Waals surface area contributed by atoms with Gasteiger partial charge in [-0.25, -0.2) is 4.79 Å². The number of hydrogen-bond donors (Lipinski definition) is 1. The van der Waals surface area contributed by atoms with E-state index in [1.807, 2.05) is 72.8 Å². The van der Waals surface area contributed by atoms with Gasteiger partial charge in [-0.1, -0.05) is 72.3 Å². The number of urea groups is 1. The molecule has 1 fully saturated rings. The van der Waals surface area contributed by atoms with Crippen LogP contribution in [-0.2, 0) is 4.79 Å². The minimum atomic E-state index is -0.413. The Morgan fingerprint density at radius 3 is 2.13 bits per heavy atom. The summed E-state index contributed by atoms with van der Waals surface area (Å²) in [6, 6.07) is 25.5. The number of carbonyl (C=O) groups is 2. The zero-order valence-corrected chi connectivity index (χ0v) is 17.3. The molecule has 1 saturated carbocycles. The fourth-order valence-electron chi connectivity index (χ4n) is 3.56. The van der Waals surface area contributed by atoms with Gasteiger partial charge in [0.25, 0.3) is 0 Å². The molecule has 3 aromatic carbocycles. The minimum absolute atomic E-state index is 0.125. The lowest BCUT2D eigenvalue weighted by molar-refractivity contribution is -0.120. The Morgan fingerprint density at radius 1 is 0.900 bits per heavy atom. The molecule has 4 nitrogen and oxygen atoms in total. The van der Waals surface area contributed by atoms with Crippen molar-refractivity contribution in [2.45, 2.75) is 25.3 Å². The Kier molecular flexibility index (Phi) is 6.15. The van der Waals surface area contributed by atoms with Gasteiger partial charge >= 0.3 is 6.03 Å². The molecule has 1 N–H and O–H groups in total. The third kappa shape index (κ3) is 4.71. The van der Waals surface area contributed by atoms with Crippen molar-refractivity contribution >= 4 is 34.8 Å². The number of nitrogens with one attached hydrogen (secondary N) is 1. The summed E-state index contributed by atoms with van der Waals surface area (Å²) in [5, 5.41) is 3.38. The first-order chi connectivity index (χ1) is 14.6. The number of para-hydroxylation sites is 2. The highest BCUT2D eigenvalue weighted by Crippen LogP contribution is 2.37. The van der Waals surface area contributed by atoms with Gasteiger partial charge < -0.3 is 5.32 Å². The zero-order valence-electron chi connectivity index (χ0n) is 16.5. The van der Waals surface area contributed by atoms with Gasteiger partial charge in [-0.2, -0.15) is 0 Å². The molecular formula is C25H23ClN2O2. The van der Waals surface area contributed by atoms with E-state index in [0.29, 0.717) is 10.7 Å². The summed E-state index contributed by atoms with van der Waals surface area (Å²) in [4.78, 5) is 27.9. The predicted molar refractivity (Wildman–Crippen MR) is 121 cm³/mol. The number of rotatable bonds is 7. The summed E-state index contributed by atoms with van der Waals surface area (Å²) in [5.41, 5.74) is 2.18. The number of halogens is 1. The highest BCUT2D eigenvalue weighted by atomic mass is 35.5. The molecule has 1 aliphatic rings. The highest BCUT2D eigenvalue weighted by molar-refractivity contribution is 6.33. The van der Waals surface area contributed by atoms with Crippen LogP contribution in [0.1, 0.15) is 30.9 Å². The molecule has 1 atom stereocenters. The monoisotopic (exact) mass is 418 g/mol. The summed E-state index contributed by atoms with van der Waals surface area (Å²) in [6.45, 7) is 0. The molecule has 3 aromatic rings. The second kappa shape index (κ2) is 9.14. The molecule has 0 saturated heterocycles. The van der Waals surface area contributed by atoms with E-state index in [1.54, 1.807) is 17.0 Å². The van der Waals surface area contributed by atoms with E-state index in [2.05, 4.69) is 5.32 Å². The van der Waals surface area contributed by atoms with Crippen LogP contribution < -0.4 is 10.2 Å². The third-order valence-corrected chi connectivity index (χ3v) is 5.62. The maximum absolute atomic E-state index is 13.5. The SMILES string of the molecule is O=C(CC(c1ccccc1)N(C(=O)Nc1ccccc1Cl)c1ccccc1)C1CC1. The van der Waals surface area contributed by atoms with Gasteiger partial charge in [-0.3, -0.25) is 9.69 Å². The van der Waals surface area contributed by atoms with Crippen LogP contribution in [0.25, 0.3) is 0 Å². The third-order valence-electron chi connectivity index (χ3n) is 5.29. The standard InChI is InChI=1S/C25H23ClN2O2/c26-21-13-7-8-14-22(21)27-25(30)28(20-11-5-2-6-12-20)23(17-24(29)19-15-16-19)18-9-3-1-4-10-18/h1-14,19,23H,15-17H2,(H,27,30). The molecule has 0 aliphatic heterocycles. The average molecular weight is 419 g/mol. The van der Waals surface area contributed by atoms with Crippen LogP contribution in [-0.4, -0.2) is 11.8 Å². The number of Topliss-reactive ketones (excluding diaryl/α,β-unsaturated/α-hetero) is 1. The second-order valence-electron chi connectivity index (χ2n) is 7.49. The number of nitrogens with zero attached hydrogens (tertiary/aromatic N) is 1. The first-order valence-corrected chi connectivity index (χ1v) is 10.5. The van der Waals surface area contributed by atoms with E-state index in [1.165, 1.54) is 0 Å². The lowest BCUT2D eigenvalue weighted by Gasteiger charge is -2.32. The maximum Gasteiger partial charge on any atom is 0.326 e. The fraction of sp³-hybridized carbons (Fsp3) is 0.200. The molecule has 1 aliphatic carbocycles. The molecular weight excluding hydrogens is 396 g/mol. The van der Waals surface area contributed by atoms with Crippen LogP contribution in [0.3, 0.4) is 0 Å². The van der Waals surface area contributed by atoms with Crippen LogP contribution in [0.5, 0.6) is 0 Å². The molecule has 2 amide bonds. The molecule has 1 unspecified atom stereocenters. The predicted octanol–water partition coefficient (Wildman–Crippen LogP) is 6.49. The first kappa shape index (κ1) is 20.2. The van der Waals surface area contributed by atoms with E-state index >= 15 is 0 Å². The second-order valence-corrected chi connectivity index (χ2v) is 7.89. The Bertz CT molecular complexity index is 1020. The van der Waals surface area contributed by atoms with Crippen LogP contribution in [0.4, 0.5) is 16.2 Å². The molecule has 0 radical (unpaired) electrons. The van der Waals surface area contributed by atoms with Crippen molar-refractivity contribution < 1.29 is 9.59 Å². The quantitative estimate of drug-likeness (QED) is 0.476. The number of amides is 2. The number of hydrogen-bond acceptors (Lipinski definition) is 2. The van der Waals surface area contributed by atoms with Crippen molar-refractivity contribution in [2.24, 2.45) is 5.92 Å². The molecule has 30 heavy (non-hydrogen) atoms. The van der Waals surface area contributed by atoms with E-state index in [0.717, 1.165) is 24.1 Å². The van der Waals surface area contributed by atoms with Gasteiger partial charge in [0, 0.05) is 18.0 Å². The Morgan fingerprint density at radius 2 is 1.50 bits per heavy atom. The topological polar surface area (TPSA) is 49.4 Å². The van der Waals surface area contributed by atoms with Gasteiger partial charge in [-0.15, -0.1) is 0 Å². The van der Waals surface area contributed by atoms with Gasteiger partial charge in [0.1, 0.15) is 5.78 Å². The van der Waals surface area contributed by atoms with Crippen molar-refractivity contribution in [1.82, 2.24) is 0 Å². The van der Waals surface area contributed by atoms with Gasteiger partial charge in [-0.05, 0) is 42.7 Å². The number of carbonyl (C=O) groups excluding carboxylic acids is 2. The zero-order chi connectivity index (χ0) is 20.9. The molecule has 0 bridgehead atoms. The smallest absolute Gasteiger partial charge is 0.306 e. The van der Waals surface area contributed by atoms with Crippen LogP contribution in [0.15, 0.2) is 84.9 Å². The van der Waals surface area contributed by atoms with Crippen molar-refractivity contribution in [3.05, 3.63) is 95.5 Å². The lowest BCUT2D eigenvalue weighted by Crippen LogP contribution is -2.39. The highest BCUT2D eigenvalue weighted by Gasteiger charge is 2.35. The van der Waals surface area contributed by atoms with Gasteiger partial charge in [0.05, 0.1) is 16.8 Å². The summed E-state index contributed by atoms with van der Waals surface area (Å²) < 4.78 is 0. The van der Waals surface area contributed by atoms with Crippen molar-refractivity contribution in [2.75, 3.05) is 10.2 Å². The van der Waals surface area contributed by atoms with E-state index in [-0.39, 0.29) is 24.2 Å². The normalized spacial score (nSPS) is 14.0. The fourth-order valence-corrected chi connectivity index (χ4v) is 3.74. The summed E-state index contributed by atoms with van der Waals surface area (Å²) in [7, 11) is 0. The molecule has 4 rings (SSSR count). The summed E-state index contributed by atoms with van der Waals surface area (Å²) in [5.74, 6) is 0.329. The number of anilines is 2. The molecule has 5 heteroatoms. The molecule has 0 heterocycles. The minimum Gasteiger partial charge on any atom is -0.306 e. The molecule has 0 spiro atoms. The Labute approximate surface area is 181 Å². The van der Waals surface area contributed by atoms with E-state index < -0.39 is 6.04 Å². The lowest BCUT2D eigenvalue weighted by atomic mass is 9.97. The van der Waals surface area contributed by atoms with Crippen LogP contribution in [0.2, 0.25) is 5.02 Å².